The number of pyridine rings is 1. The summed E-state index contributed by atoms with van der Waals surface area (Å²) in [5, 5.41) is 0.238. The number of sulfonamides is 1. The zero-order valence-corrected chi connectivity index (χ0v) is 16.5. The highest BCUT2D eigenvalue weighted by Crippen LogP contribution is 2.27. The molecule has 0 aliphatic carbocycles. The lowest BCUT2D eigenvalue weighted by atomic mass is 10.0. The van der Waals surface area contributed by atoms with Crippen molar-refractivity contribution < 1.29 is 13.2 Å². The fraction of sp³-hybridized carbons (Fsp3) is 0.150. The Hall–Kier alpha value is -2.41. The van der Waals surface area contributed by atoms with Gasteiger partial charge in [0, 0.05) is 18.3 Å². The van der Waals surface area contributed by atoms with E-state index in [2.05, 4.69) is 9.71 Å². The Morgan fingerprint density at radius 3 is 2.52 bits per heavy atom. The van der Waals surface area contributed by atoms with Crippen molar-refractivity contribution in [3.8, 4) is 17.0 Å². The molecule has 1 heterocycles. The molecule has 5 nitrogen and oxygen atoms in total. The lowest BCUT2D eigenvalue weighted by Gasteiger charge is -2.12. The van der Waals surface area contributed by atoms with E-state index < -0.39 is 10.0 Å². The number of benzene rings is 2. The Bertz CT molecular complexity index is 1050. The summed E-state index contributed by atoms with van der Waals surface area (Å²) in [6, 6.07) is 15.9. The third-order valence-corrected chi connectivity index (χ3v) is 5.80. The van der Waals surface area contributed by atoms with Crippen molar-refractivity contribution in [1.82, 2.24) is 9.71 Å². The van der Waals surface area contributed by atoms with Crippen LogP contribution in [0.4, 0.5) is 0 Å². The smallest absolute Gasteiger partial charge is 0.240 e. The number of rotatable bonds is 6. The third-order valence-electron chi connectivity index (χ3n) is 4.10. The van der Waals surface area contributed by atoms with Crippen LogP contribution in [0.5, 0.6) is 5.75 Å². The van der Waals surface area contributed by atoms with Gasteiger partial charge in [0.1, 0.15) is 5.75 Å². The molecule has 0 spiro atoms. The SMILES string of the molecule is COc1ccc(S(=O)(=O)NCc2cccnc2-c2ccc(C)cc2)cc1Cl. The number of hydrogen-bond donors (Lipinski definition) is 1. The van der Waals surface area contributed by atoms with Gasteiger partial charge < -0.3 is 4.74 Å². The maximum atomic E-state index is 12.6. The summed E-state index contributed by atoms with van der Waals surface area (Å²) in [6.07, 6.45) is 1.69. The minimum absolute atomic E-state index is 0.0778. The van der Waals surface area contributed by atoms with Gasteiger partial charge in [-0.15, -0.1) is 0 Å². The minimum Gasteiger partial charge on any atom is -0.495 e. The van der Waals surface area contributed by atoms with Crippen molar-refractivity contribution in [2.75, 3.05) is 7.11 Å². The molecule has 1 N–H and O–H groups in total. The van der Waals surface area contributed by atoms with Crippen molar-refractivity contribution in [1.29, 1.82) is 0 Å². The van der Waals surface area contributed by atoms with Crippen molar-refractivity contribution in [3.63, 3.8) is 0 Å². The quantitative estimate of drug-likeness (QED) is 0.671. The van der Waals surface area contributed by atoms with E-state index in [1.807, 2.05) is 37.3 Å². The number of aryl methyl sites for hydroxylation is 1. The lowest BCUT2D eigenvalue weighted by Crippen LogP contribution is -2.23. The van der Waals surface area contributed by atoms with Gasteiger partial charge >= 0.3 is 0 Å². The highest BCUT2D eigenvalue weighted by atomic mass is 35.5. The number of methoxy groups -OCH3 is 1. The molecule has 0 fully saturated rings. The van der Waals surface area contributed by atoms with Gasteiger partial charge in [0.05, 0.1) is 22.7 Å². The van der Waals surface area contributed by atoms with Crippen LogP contribution in [-0.4, -0.2) is 20.5 Å². The molecular weight excluding hydrogens is 384 g/mol. The van der Waals surface area contributed by atoms with E-state index >= 15 is 0 Å². The van der Waals surface area contributed by atoms with Crippen LogP contribution in [0.3, 0.4) is 0 Å². The molecule has 0 radical (unpaired) electrons. The zero-order chi connectivity index (χ0) is 19.4. The summed E-state index contributed by atoms with van der Waals surface area (Å²) in [5.41, 5.74) is 3.61. The van der Waals surface area contributed by atoms with E-state index in [4.69, 9.17) is 16.3 Å². The van der Waals surface area contributed by atoms with Crippen LogP contribution in [0.1, 0.15) is 11.1 Å². The molecule has 0 saturated carbocycles. The van der Waals surface area contributed by atoms with Crippen LogP contribution in [0.15, 0.2) is 65.7 Å². The number of ether oxygens (including phenoxy) is 1. The normalized spacial score (nSPS) is 11.4. The van der Waals surface area contributed by atoms with Gasteiger partial charge in [0.15, 0.2) is 0 Å². The Morgan fingerprint density at radius 2 is 1.85 bits per heavy atom. The third kappa shape index (κ3) is 4.47. The van der Waals surface area contributed by atoms with Crippen LogP contribution in [0.2, 0.25) is 5.02 Å². The first-order chi connectivity index (χ1) is 12.9. The number of nitrogens with zero attached hydrogens (tertiary/aromatic N) is 1. The molecule has 0 saturated heterocycles. The molecule has 0 aliphatic heterocycles. The van der Waals surface area contributed by atoms with Crippen LogP contribution >= 0.6 is 11.6 Å². The number of nitrogens with one attached hydrogen (secondary N) is 1. The van der Waals surface area contributed by atoms with E-state index in [0.29, 0.717) is 5.75 Å². The molecule has 7 heteroatoms. The first kappa shape index (κ1) is 19.4. The van der Waals surface area contributed by atoms with Gasteiger partial charge in [-0.3, -0.25) is 4.98 Å². The van der Waals surface area contributed by atoms with E-state index in [1.54, 1.807) is 12.3 Å². The number of aromatic nitrogens is 1. The Kier molecular flexibility index (Phi) is 5.79. The Labute approximate surface area is 164 Å². The molecule has 0 aliphatic rings. The predicted molar refractivity (Wildman–Crippen MR) is 106 cm³/mol. The first-order valence-electron chi connectivity index (χ1n) is 8.25. The van der Waals surface area contributed by atoms with Crippen molar-refractivity contribution in [2.45, 2.75) is 18.4 Å². The van der Waals surface area contributed by atoms with E-state index in [9.17, 15) is 8.42 Å². The maximum Gasteiger partial charge on any atom is 0.240 e. The second-order valence-corrected chi connectivity index (χ2v) is 8.17. The molecule has 3 aromatic rings. The maximum absolute atomic E-state index is 12.6. The highest BCUT2D eigenvalue weighted by Gasteiger charge is 2.17. The number of halogens is 1. The molecule has 1 aromatic heterocycles. The molecule has 0 bridgehead atoms. The summed E-state index contributed by atoms with van der Waals surface area (Å²) < 4.78 is 32.9. The summed E-state index contributed by atoms with van der Waals surface area (Å²) in [5.74, 6) is 0.421. The van der Waals surface area contributed by atoms with Crippen molar-refractivity contribution in [2.24, 2.45) is 0 Å². The summed E-state index contributed by atoms with van der Waals surface area (Å²) in [7, 11) is -2.25. The summed E-state index contributed by atoms with van der Waals surface area (Å²) in [6.45, 7) is 2.13. The first-order valence-corrected chi connectivity index (χ1v) is 10.1. The van der Waals surface area contributed by atoms with Gasteiger partial charge in [0.2, 0.25) is 10.0 Å². The van der Waals surface area contributed by atoms with Gasteiger partial charge in [-0.05, 0) is 36.8 Å². The average Bonchev–Trinajstić information content (AvgIpc) is 2.67. The lowest BCUT2D eigenvalue weighted by molar-refractivity contribution is 0.414. The Morgan fingerprint density at radius 1 is 1.11 bits per heavy atom. The van der Waals surface area contributed by atoms with Crippen LogP contribution in [-0.2, 0) is 16.6 Å². The minimum atomic E-state index is -3.73. The molecule has 27 heavy (non-hydrogen) atoms. The number of hydrogen-bond acceptors (Lipinski definition) is 4. The summed E-state index contributed by atoms with van der Waals surface area (Å²) >= 11 is 6.04. The molecular formula is C20H19ClN2O3S. The molecule has 3 rings (SSSR count). The van der Waals surface area contributed by atoms with Crippen molar-refractivity contribution in [3.05, 3.63) is 76.9 Å². The zero-order valence-electron chi connectivity index (χ0n) is 14.9. The van der Waals surface area contributed by atoms with E-state index in [1.165, 1.54) is 25.3 Å². The second kappa shape index (κ2) is 8.08. The molecule has 0 unspecified atom stereocenters. The van der Waals surface area contributed by atoms with Gasteiger partial charge in [-0.25, -0.2) is 13.1 Å². The van der Waals surface area contributed by atoms with Gasteiger partial charge in [0.25, 0.3) is 0 Å². The monoisotopic (exact) mass is 402 g/mol. The topological polar surface area (TPSA) is 68.3 Å². The van der Waals surface area contributed by atoms with E-state index in [0.717, 1.165) is 22.4 Å². The fourth-order valence-corrected chi connectivity index (χ4v) is 3.98. The highest BCUT2D eigenvalue weighted by molar-refractivity contribution is 7.89. The van der Waals surface area contributed by atoms with Gasteiger partial charge in [-0.1, -0.05) is 47.5 Å². The van der Waals surface area contributed by atoms with Gasteiger partial charge in [-0.2, -0.15) is 0 Å². The fourth-order valence-electron chi connectivity index (χ4n) is 2.62. The second-order valence-electron chi connectivity index (χ2n) is 6.00. The molecule has 0 amide bonds. The van der Waals surface area contributed by atoms with E-state index in [-0.39, 0.29) is 16.5 Å². The predicted octanol–water partition coefficient (Wildman–Crippen LogP) is 4.20. The van der Waals surface area contributed by atoms with Crippen LogP contribution in [0.25, 0.3) is 11.3 Å². The van der Waals surface area contributed by atoms with Crippen molar-refractivity contribution >= 4 is 21.6 Å². The average molecular weight is 403 g/mol. The van der Waals surface area contributed by atoms with Crippen LogP contribution < -0.4 is 9.46 Å². The Balaban J connectivity index is 1.84. The largest absolute Gasteiger partial charge is 0.495 e. The molecule has 140 valence electrons. The summed E-state index contributed by atoms with van der Waals surface area (Å²) in [4.78, 5) is 4.49. The molecule has 2 aromatic carbocycles. The van der Waals surface area contributed by atoms with Crippen LogP contribution in [0, 0.1) is 6.92 Å². The molecule has 0 atom stereocenters. The standard InChI is InChI=1S/C20H19ClN2O3S/c1-14-5-7-15(8-6-14)20-16(4-3-11-22-20)13-23-27(24,25)17-9-10-19(26-2)18(21)12-17/h3-12,23H,13H2,1-2H3.